The number of hydrogen-bond acceptors (Lipinski definition) is 6. The molecule has 9 heteroatoms. The Kier molecular flexibility index (Phi) is 9.81. The molecule has 192 valence electrons. The summed E-state index contributed by atoms with van der Waals surface area (Å²) < 4.78 is 39.0. The highest BCUT2D eigenvalue weighted by Gasteiger charge is 2.28. The molecule has 0 spiro atoms. The summed E-state index contributed by atoms with van der Waals surface area (Å²) in [5, 5.41) is 2.93. The van der Waals surface area contributed by atoms with Crippen LogP contribution in [-0.2, 0) is 21.2 Å². The van der Waals surface area contributed by atoms with Crippen molar-refractivity contribution in [2.24, 2.45) is 0 Å². The molecule has 1 unspecified atom stereocenters. The first-order valence-corrected chi connectivity index (χ1v) is 14.1. The van der Waals surface area contributed by atoms with Gasteiger partial charge in [0.2, 0.25) is 15.9 Å². The van der Waals surface area contributed by atoms with E-state index in [2.05, 4.69) is 5.32 Å². The highest BCUT2D eigenvalue weighted by Crippen LogP contribution is 2.30. The fourth-order valence-corrected chi connectivity index (χ4v) is 5.55. The van der Waals surface area contributed by atoms with Gasteiger partial charge in [-0.25, -0.2) is 8.42 Å². The largest absolute Gasteiger partial charge is 0.493 e. The van der Waals surface area contributed by atoms with Gasteiger partial charge in [-0.3, -0.25) is 4.79 Å². The normalized spacial score (nSPS) is 12.2. The Morgan fingerprint density at radius 1 is 0.972 bits per heavy atom. The molecule has 1 atom stereocenters. The van der Waals surface area contributed by atoms with Gasteiger partial charge in [0.25, 0.3) is 0 Å². The van der Waals surface area contributed by atoms with Gasteiger partial charge in [0, 0.05) is 17.5 Å². The first kappa shape index (κ1) is 27.6. The molecule has 0 aromatic heterocycles. The highest BCUT2D eigenvalue weighted by molar-refractivity contribution is 7.98. The smallest absolute Gasteiger partial charge is 0.243 e. The molecule has 0 saturated carbocycles. The first-order valence-electron chi connectivity index (χ1n) is 11.5. The van der Waals surface area contributed by atoms with E-state index < -0.39 is 10.0 Å². The van der Waals surface area contributed by atoms with E-state index in [9.17, 15) is 13.2 Å². The number of thioether (sulfide) groups is 1. The summed E-state index contributed by atoms with van der Waals surface area (Å²) in [6.45, 7) is 1.71. The van der Waals surface area contributed by atoms with Gasteiger partial charge in [-0.1, -0.05) is 42.5 Å². The second-order valence-electron chi connectivity index (χ2n) is 8.15. The van der Waals surface area contributed by atoms with Crippen molar-refractivity contribution in [3.05, 3.63) is 83.9 Å². The van der Waals surface area contributed by atoms with Crippen molar-refractivity contribution in [2.75, 3.05) is 33.6 Å². The van der Waals surface area contributed by atoms with Crippen LogP contribution >= 0.6 is 11.8 Å². The molecule has 0 aliphatic carbocycles. The second-order valence-corrected chi connectivity index (χ2v) is 11.0. The molecule has 36 heavy (non-hydrogen) atoms. The van der Waals surface area contributed by atoms with E-state index in [1.807, 2.05) is 67.8 Å². The third kappa shape index (κ3) is 7.02. The molecule has 0 bridgehead atoms. The Morgan fingerprint density at radius 3 is 2.25 bits per heavy atom. The Morgan fingerprint density at radius 2 is 1.64 bits per heavy atom. The van der Waals surface area contributed by atoms with Crippen LogP contribution < -0.4 is 14.8 Å². The molecular formula is C27H32N2O5S2. The maximum Gasteiger partial charge on any atom is 0.243 e. The Balaban J connectivity index is 1.82. The fraction of sp³-hybridized carbons (Fsp3) is 0.296. The summed E-state index contributed by atoms with van der Waals surface area (Å²) in [6.07, 6.45) is 2.47. The summed E-state index contributed by atoms with van der Waals surface area (Å²) in [5.41, 5.74) is 1.92. The number of amides is 1. The summed E-state index contributed by atoms with van der Waals surface area (Å²) in [7, 11) is -1.07. The van der Waals surface area contributed by atoms with Gasteiger partial charge in [-0.2, -0.15) is 4.31 Å². The quantitative estimate of drug-likeness (QED) is 0.348. The van der Waals surface area contributed by atoms with E-state index >= 15 is 0 Å². The van der Waals surface area contributed by atoms with Gasteiger partial charge in [-0.05, 0) is 55.0 Å². The number of carbonyl (C=O) groups excluding carboxylic acids is 1. The second kappa shape index (κ2) is 12.8. The highest BCUT2D eigenvalue weighted by atomic mass is 32.2. The molecule has 0 aliphatic heterocycles. The van der Waals surface area contributed by atoms with Gasteiger partial charge >= 0.3 is 0 Å². The SMILES string of the molecule is COc1ccc(S(=O)(=O)N(CCc2ccccc2)CC(=O)NC(C)c2ccc(SC)cc2)cc1OC. The lowest BCUT2D eigenvalue weighted by molar-refractivity contribution is -0.121. The lowest BCUT2D eigenvalue weighted by Crippen LogP contribution is -2.42. The van der Waals surface area contributed by atoms with Crippen LogP contribution in [-0.4, -0.2) is 52.2 Å². The lowest BCUT2D eigenvalue weighted by atomic mass is 10.1. The maximum absolute atomic E-state index is 13.6. The third-order valence-corrected chi connectivity index (χ3v) is 8.38. The van der Waals surface area contributed by atoms with Crippen LogP contribution in [0.25, 0.3) is 0 Å². The number of nitrogens with zero attached hydrogens (tertiary/aromatic N) is 1. The molecule has 0 heterocycles. The van der Waals surface area contributed by atoms with Gasteiger partial charge in [0.05, 0.1) is 31.7 Å². The summed E-state index contributed by atoms with van der Waals surface area (Å²) in [4.78, 5) is 14.2. The number of hydrogen-bond donors (Lipinski definition) is 1. The molecule has 1 N–H and O–H groups in total. The average molecular weight is 529 g/mol. The van der Waals surface area contributed by atoms with Gasteiger partial charge in [0.1, 0.15) is 0 Å². The van der Waals surface area contributed by atoms with Crippen LogP contribution in [0, 0.1) is 0 Å². The van der Waals surface area contributed by atoms with Gasteiger partial charge in [0.15, 0.2) is 11.5 Å². The van der Waals surface area contributed by atoms with Crippen molar-refractivity contribution in [3.63, 3.8) is 0 Å². The topological polar surface area (TPSA) is 84.9 Å². The Bertz CT molecular complexity index is 1250. The molecule has 0 aliphatic rings. The van der Waals surface area contributed by atoms with Crippen molar-refractivity contribution in [1.29, 1.82) is 0 Å². The van der Waals surface area contributed by atoms with E-state index in [1.165, 1.54) is 30.7 Å². The number of carbonyl (C=O) groups is 1. The van der Waals surface area contributed by atoms with E-state index in [-0.39, 0.29) is 29.9 Å². The molecule has 0 saturated heterocycles. The minimum Gasteiger partial charge on any atom is -0.493 e. The van der Waals surface area contributed by atoms with Gasteiger partial charge in [-0.15, -0.1) is 11.8 Å². The standard InChI is InChI=1S/C27H32N2O5S2/c1-20(22-10-12-23(35-4)13-11-22)28-27(30)19-29(17-16-21-8-6-5-7-9-21)36(31,32)24-14-15-25(33-2)26(18-24)34-3/h5-15,18,20H,16-17,19H2,1-4H3,(H,28,30). The molecular weight excluding hydrogens is 496 g/mol. The van der Waals surface area contributed by atoms with Crippen molar-refractivity contribution in [1.82, 2.24) is 9.62 Å². The van der Waals surface area contributed by atoms with Crippen LogP contribution in [0.5, 0.6) is 11.5 Å². The van der Waals surface area contributed by atoms with Crippen LogP contribution in [0.3, 0.4) is 0 Å². The van der Waals surface area contributed by atoms with Crippen molar-refractivity contribution in [3.8, 4) is 11.5 Å². The maximum atomic E-state index is 13.6. The first-order chi connectivity index (χ1) is 17.3. The number of benzene rings is 3. The minimum absolute atomic E-state index is 0.0294. The predicted molar refractivity (Wildman–Crippen MR) is 143 cm³/mol. The molecule has 3 aromatic carbocycles. The van der Waals surface area contributed by atoms with Gasteiger partial charge < -0.3 is 14.8 Å². The number of nitrogens with one attached hydrogen (secondary N) is 1. The Labute approximate surface area is 217 Å². The van der Waals surface area contributed by atoms with Crippen molar-refractivity contribution < 1.29 is 22.7 Å². The molecule has 3 rings (SSSR count). The average Bonchev–Trinajstić information content (AvgIpc) is 2.90. The van der Waals surface area contributed by atoms with Crippen molar-refractivity contribution >= 4 is 27.7 Å². The molecule has 1 amide bonds. The van der Waals surface area contributed by atoms with E-state index in [0.29, 0.717) is 17.9 Å². The van der Waals surface area contributed by atoms with E-state index in [4.69, 9.17) is 9.47 Å². The molecule has 3 aromatic rings. The Hall–Kier alpha value is -3.01. The third-order valence-electron chi connectivity index (χ3n) is 5.80. The number of sulfonamides is 1. The zero-order chi connectivity index (χ0) is 26.1. The van der Waals surface area contributed by atoms with Crippen LogP contribution in [0.2, 0.25) is 0 Å². The zero-order valence-corrected chi connectivity index (χ0v) is 22.6. The fourth-order valence-electron chi connectivity index (χ4n) is 3.73. The van der Waals surface area contributed by atoms with Crippen LogP contribution in [0.4, 0.5) is 0 Å². The summed E-state index contributed by atoms with van der Waals surface area (Å²) in [6, 6.07) is 21.6. The minimum atomic E-state index is -4.00. The number of ether oxygens (including phenoxy) is 2. The van der Waals surface area contributed by atoms with Crippen molar-refractivity contribution in [2.45, 2.75) is 29.2 Å². The number of methoxy groups -OCH3 is 2. The molecule has 0 radical (unpaired) electrons. The van der Waals surface area contributed by atoms with Crippen LogP contribution in [0.1, 0.15) is 24.1 Å². The zero-order valence-electron chi connectivity index (χ0n) is 20.9. The monoisotopic (exact) mass is 528 g/mol. The summed E-state index contributed by atoms with van der Waals surface area (Å²) in [5.74, 6) is 0.341. The molecule has 0 fully saturated rings. The lowest BCUT2D eigenvalue weighted by Gasteiger charge is -2.24. The summed E-state index contributed by atoms with van der Waals surface area (Å²) >= 11 is 1.64. The van der Waals surface area contributed by atoms with E-state index in [1.54, 1.807) is 17.8 Å². The van der Waals surface area contributed by atoms with Crippen LogP contribution in [0.15, 0.2) is 82.6 Å². The predicted octanol–water partition coefficient (Wildman–Crippen LogP) is 4.54. The number of rotatable bonds is 12. The van der Waals surface area contributed by atoms with E-state index in [0.717, 1.165) is 16.0 Å². The molecule has 7 nitrogen and oxygen atoms in total.